The maximum atomic E-state index is 5.86. The SMILES string of the molecule is CCNC1CCOC(c2cccc(C)c2)C1. The summed E-state index contributed by atoms with van der Waals surface area (Å²) in [5.41, 5.74) is 2.63. The third-order valence-electron chi connectivity index (χ3n) is 3.19. The van der Waals surface area contributed by atoms with Crippen LogP contribution in [0.1, 0.15) is 37.0 Å². The van der Waals surface area contributed by atoms with Crippen LogP contribution < -0.4 is 5.32 Å². The van der Waals surface area contributed by atoms with E-state index in [1.165, 1.54) is 11.1 Å². The smallest absolute Gasteiger partial charge is 0.0839 e. The molecule has 2 nitrogen and oxygen atoms in total. The van der Waals surface area contributed by atoms with Crippen LogP contribution in [0.3, 0.4) is 0 Å². The predicted octanol–water partition coefficient (Wildman–Crippen LogP) is 2.82. The number of hydrogen-bond donors (Lipinski definition) is 1. The number of rotatable bonds is 3. The van der Waals surface area contributed by atoms with Crippen molar-refractivity contribution in [1.29, 1.82) is 0 Å². The predicted molar refractivity (Wildman–Crippen MR) is 66.6 cm³/mol. The van der Waals surface area contributed by atoms with Gasteiger partial charge in [0.1, 0.15) is 0 Å². The monoisotopic (exact) mass is 219 g/mol. The Hall–Kier alpha value is -0.860. The number of ether oxygens (including phenoxy) is 1. The average molecular weight is 219 g/mol. The van der Waals surface area contributed by atoms with Crippen molar-refractivity contribution in [3.05, 3.63) is 35.4 Å². The van der Waals surface area contributed by atoms with Gasteiger partial charge >= 0.3 is 0 Å². The second kappa shape index (κ2) is 5.46. The van der Waals surface area contributed by atoms with Crippen LogP contribution in [0.4, 0.5) is 0 Å². The summed E-state index contributed by atoms with van der Waals surface area (Å²) >= 11 is 0. The van der Waals surface area contributed by atoms with Gasteiger partial charge < -0.3 is 10.1 Å². The summed E-state index contributed by atoms with van der Waals surface area (Å²) in [5.74, 6) is 0. The van der Waals surface area contributed by atoms with E-state index in [-0.39, 0.29) is 6.10 Å². The molecule has 2 rings (SSSR count). The summed E-state index contributed by atoms with van der Waals surface area (Å²) in [6.07, 6.45) is 2.51. The van der Waals surface area contributed by atoms with Gasteiger partial charge in [-0.25, -0.2) is 0 Å². The molecule has 0 bridgehead atoms. The van der Waals surface area contributed by atoms with Gasteiger partial charge in [-0.1, -0.05) is 36.8 Å². The molecule has 2 unspecified atom stereocenters. The van der Waals surface area contributed by atoms with Crippen molar-refractivity contribution in [3.8, 4) is 0 Å². The molecule has 16 heavy (non-hydrogen) atoms. The zero-order chi connectivity index (χ0) is 11.4. The van der Waals surface area contributed by atoms with Crippen LogP contribution in [0.15, 0.2) is 24.3 Å². The van der Waals surface area contributed by atoms with Crippen LogP contribution >= 0.6 is 0 Å². The van der Waals surface area contributed by atoms with Crippen molar-refractivity contribution in [1.82, 2.24) is 5.32 Å². The molecular formula is C14H21NO. The van der Waals surface area contributed by atoms with E-state index in [4.69, 9.17) is 4.74 Å². The fraction of sp³-hybridized carbons (Fsp3) is 0.571. The molecule has 88 valence electrons. The van der Waals surface area contributed by atoms with Gasteiger partial charge in [0, 0.05) is 12.6 Å². The summed E-state index contributed by atoms with van der Waals surface area (Å²) in [4.78, 5) is 0. The van der Waals surface area contributed by atoms with Gasteiger partial charge in [0.05, 0.1) is 6.10 Å². The van der Waals surface area contributed by atoms with Crippen molar-refractivity contribution in [2.75, 3.05) is 13.2 Å². The van der Waals surface area contributed by atoms with Crippen LogP contribution in [0.25, 0.3) is 0 Å². The van der Waals surface area contributed by atoms with Crippen LogP contribution in [0.5, 0.6) is 0 Å². The molecule has 1 N–H and O–H groups in total. The molecule has 2 atom stereocenters. The second-order valence-electron chi connectivity index (χ2n) is 4.55. The first kappa shape index (κ1) is 11.6. The van der Waals surface area contributed by atoms with E-state index in [0.29, 0.717) is 6.04 Å². The van der Waals surface area contributed by atoms with Gasteiger partial charge in [0.15, 0.2) is 0 Å². The molecule has 1 aliphatic heterocycles. The molecule has 0 saturated carbocycles. The van der Waals surface area contributed by atoms with E-state index >= 15 is 0 Å². The van der Waals surface area contributed by atoms with Crippen molar-refractivity contribution in [2.24, 2.45) is 0 Å². The molecule has 1 heterocycles. The molecule has 0 amide bonds. The highest BCUT2D eigenvalue weighted by Gasteiger charge is 2.22. The van der Waals surface area contributed by atoms with Crippen LogP contribution in [0, 0.1) is 6.92 Å². The molecule has 1 aliphatic rings. The van der Waals surface area contributed by atoms with Crippen molar-refractivity contribution >= 4 is 0 Å². The highest BCUT2D eigenvalue weighted by Crippen LogP contribution is 2.28. The minimum absolute atomic E-state index is 0.276. The number of hydrogen-bond acceptors (Lipinski definition) is 2. The molecular weight excluding hydrogens is 198 g/mol. The van der Waals surface area contributed by atoms with E-state index in [1.807, 2.05) is 0 Å². The van der Waals surface area contributed by atoms with Gasteiger partial charge in [-0.05, 0) is 31.9 Å². The number of aryl methyl sites for hydroxylation is 1. The summed E-state index contributed by atoms with van der Waals surface area (Å²) < 4.78 is 5.86. The lowest BCUT2D eigenvalue weighted by Crippen LogP contribution is -2.35. The minimum Gasteiger partial charge on any atom is -0.373 e. The first-order chi connectivity index (χ1) is 7.79. The lowest BCUT2D eigenvalue weighted by Gasteiger charge is -2.30. The average Bonchev–Trinajstić information content (AvgIpc) is 2.30. The number of benzene rings is 1. The minimum atomic E-state index is 0.276. The maximum absolute atomic E-state index is 5.86. The van der Waals surface area contributed by atoms with Gasteiger partial charge in [0.25, 0.3) is 0 Å². The Morgan fingerprint density at radius 2 is 2.31 bits per heavy atom. The van der Waals surface area contributed by atoms with E-state index in [2.05, 4.69) is 43.4 Å². The van der Waals surface area contributed by atoms with Gasteiger partial charge in [0.2, 0.25) is 0 Å². The molecule has 1 aromatic carbocycles. The molecule has 1 aromatic rings. The summed E-state index contributed by atoms with van der Waals surface area (Å²) in [5, 5.41) is 3.52. The largest absolute Gasteiger partial charge is 0.373 e. The molecule has 2 heteroatoms. The summed E-state index contributed by atoms with van der Waals surface area (Å²) in [6.45, 7) is 6.21. The van der Waals surface area contributed by atoms with Crippen molar-refractivity contribution < 1.29 is 4.74 Å². The third kappa shape index (κ3) is 2.83. The van der Waals surface area contributed by atoms with Crippen LogP contribution in [-0.2, 0) is 4.74 Å². The lowest BCUT2D eigenvalue weighted by atomic mass is 9.96. The Kier molecular flexibility index (Phi) is 3.97. The molecule has 0 aliphatic carbocycles. The standard InChI is InChI=1S/C14H21NO/c1-3-15-13-7-8-16-14(10-13)12-6-4-5-11(2)9-12/h4-6,9,13-15H,3,7-8,10H2,1-2H3. The number of nitrogens with one attached hydrogen (secondary N) is 1. The van der Waals surface area contributed by atoms with Gasteiger partial charge in [-0.3, -0.25) is 0 Å². The van der Waals surface area contributed by atoms with Gasteiger partial charge in [-0.15, -0.1) is 0 Å². The Bertz CT molecular complexity index is 335. The normalized spacial score (nSPS) is 25.6. The topological polar surface area (TPSA) is 21.3 Å². The third-order valence-corrected chi connectivity index (χ3v) is 3.19. The van der Waals surface area contributed by atoms with E-state index < -0.39 is 0 Å². The second-order valence-corrected chi connectivity index (χ2v) is 4.55. The molecule has 1 saturated heterocycles. The van der Waals surface area contributed by atoms with E-state index in [9.17, 15) is 0 Å². The first-order valence-electron chi connectivity index (χ1n) is 6.21. The highest BCUT2D eigenvalue weighted by atomic mass is 16.5. The molecule has 0 radical (unpaired) electrons. The van der Waals surface area contributed by atoms with Crippen LogP contribution in [-0.4, -0.2) is 19.2 Å². The fourth-order valence-electron chi connectivity index (χ4n) is 2.37. The van der Waals surface area contributed by atoms with E-state index in [0.717, 1.165) is 26.0 Å². The van der Waals surface area contributed by atoms with Crippen molar-refractivity contribution in [3.63, 3.8) is 0 Å². The lowest BCUT2D eigenvalue weighted by molar-refractivity contribution is 0.000567. The zero-order valence-corrected chi connectivity index (χ0v) is 10.2. The fourth-order valence-corrected chi connectivity index (χ4v) is 2.37. The Balaban J connectivity index is 2.03. The Labute approximate surface area is 98.0 Å². The van der Waals surface area contributed by atoms with Crippen LogP contribution in [0.2, 0.25) is 0 Å². The quantitative estimate of drug-likeness (QED) is 0.844. The summed E-state index contributed by atoms with van der Waals surface area (Å²) in [6, 6.07) is 9.27. The molecule has 0 aromatic heterocycles. The first-order valence-corrected chi connectivity index (χ1v) is 6.21. The Morgan fingerprint density at radius 3 is 3.06 bits per heavy atom. The summed E-state index contributed by atoms with van der Waals surface area (Å²) in [7, 11) is 0. The molecule has 0 spiro atoms. The maximum Gasteiger partial charge on any atom is 0.0839 e. The molecule has 1 fully saturated rings. The van der Waals surface area contributed by atoms with Crippen molar-refractivity contribution in [2.45, 2.75) is 38.8 Å². The van der Waals surface area contributed by atoms with E-state index in [1.54, 1.807) is 0 Å². The highest BCUT2D eigenvalue weighted by molar-refractivity contribution is 5.24. The Morgan fingerprint density at radius 1 is 1.44 bits per heavy atom. The van der Waals surface area contributed by atoms with Gasteiger partial charge in [-0.2, -0.15) is 0 Å². The zero-order valence-electron chi connectivity index (χ0n) is 10.2.